The first kappa shape index (κ1) is 19.7. The molecule has 3 aromatic carbocycles. The molecule has 0 heterocycles. The Morgan fingerprint density at radius 2 is 1.29 bits per heavy atom. The van der Waals surface area contributed by atoms with Crippen LogP contribution in [0.4, 0.5) is 5.69 Å². The smallest absolute Gasteiger partial charge is 0.161 e. The van der Waals surface area contributed by atoms with Crippen LogP contribution in [0.15, 0.2) is 36.4 Å². The van der Waals surface area contributed by atoms with Gasteiger partial charge in [0.15, 0.2) is 23.0 Å². The monoisotopic (exact) mass is 381 g/mol. The first-order chi connectivity index (χ1) is 13.6. The standard InChI is InChI=1S/C23H27NO4/c1-7-14-10-19(25-3)21(27-5)12-17(14)16-9-8-15-11-20(26-4)22(28-6)13-18(15)23(16)24-2/h8-13,24H,7H2,1-6H3. The van der Waals surface area contributed by atoms with Crippen LogP contribution in [0, 0.1) is 0 Å². The molecular formula is C23H27NO4. The summed E-state index contributed by atoms with van der Waals surface area (Å²) in [5, 5.41) is 5.51. The van der Waals surface area contributed by atoms with Gasteiger partial charge in [-0.25, -0.2) is 0 Å². The summed E-state index contributed by atoms with van der Waals surface area (Å²) in [6.07, 6.45) is 0.878. The summed E-state index contributed by atoms with van der Waals surface area (Å²) in [7, 11) is 8.54. The van der Waals surface area contributed by atoms with Crippen molar-refractivity contribution in [3.05, 3.63) is 42.0 Å². The third kappa shape index (κ3) is 3.28. The van der Waals surface area contributed by atoms with E-state index in [2.05, 4.69) is 24.4 Å². The van der Waals surface area contributed by atoms with Gasteiger partial charge in [-0.15, -0.1) is 0 Å². The van der Waals surface area contributed by atoms with E-state index < -0.39 is 0 Å². The third-order valence-corrected chi connectivity index (χ3v) is 5.05. The Morgan fingerprint density at radius 3 is 1.86 bits per heavy atom. The number of aryl methyl sites for hydroxylation is 1. The minimum atomic E-state index is 0.701. The van der Waals surface area contributed by atoms with E-state index in [0.29, 0.717) is 17.2 Å². The van der Waals surface area contributed by atoms with Gasteiger partial charge < -0.3 is 24.3 Å². The molecule has 5 heteroatoms. The van der Waals surface area contributed by atoms with Gasteiger partial charge in [-0.1, -0.05) is 19.1 Å². The average molecular weight is 381 g/mol. The lowest BCUT2D eigenvalue weighted by atomic mass is 9.93. The van der Waals surface area contributed by atoms with Crippen LogP contribution in [0.1, 0.15) is 12.5 Å². The summed E-state index contributed by atoms with van der Waals surface area (Å²) in [5.41, 5.74) is 4.43. The lowest BCUT2D eigenvalue weighted by Crippen LogP contribution is -1.99. The molecule has 0 spiro atoms. The van der Waals surface area contributed by atoms with Crippen LogP contribution in [0.25, 0.3) is 21.9 Å². The van der Waals surface area contributed by atoms with Crippen LogP contribution in [-0.2, 0) is 6.42 Å². The topological polar surface area (TPSA) is 49.0 Å². The second-order valence-corrected chi connectivity index (χ2v) is 6.38. The number of hydrogen-bond donors (Lipinski definition) is 1. The van der Waals surface area contributed by atoms with Crippen molar-refractivity contribution in [2.24, 2.45) is 0 Å². The lowest BCUT2D eigenvalue weighted by Gasteiger charge is -2.19. The van der Waals surface area contributed by atoms with Crippen LogP contribution < -0.4 is 24.3 Å². The Morgan fingerprint density at radius 1 is 0.714 bits per heavy atom. The molecule has 0 unspecified atom stereocenters. The highest BCUT2D eigenvalue weighted by atomic mass is 16.5. The number of hydrogen-bond acceptors (Lipinski definition) is 5. The molecule has 5 nitrogen and oxygen atoms in total. The van der Waals surface area contributed by atoms with Crippen molar-refractivity contribution >= 4 is 16.5 Å². The summed E-state index contributed by atoms with van der Waals surface area (Å²) < 4.78 is 22.0. The van der Waals surface area contributed by atoms with E-state index in [1.54, 1.807) is 28.4 Å². The molecule has 28 heavy (non-hydrogen) atoms. The number of anilines is 1. The molecule has 0 radical (unpaired) electrons. The second kappa shape index (κ2) is 8.30. The van der Waals surface area contributed by atoms with Crippen LogP contribution in [0.5, 0.6) is 23.0 Å². The van der Waals surface area contributed by atoms with Gasteiger partial charge in [0.2, 0.25) is 0 Å². The molecule has 0 saturated carbocycles. The first-order valence-electron chi connectivity index (χ1n) is 9.23. The minimum Gasteiger partial charge on any atom is -0.493 e. The van der Waals surface area contributed by atoms with E-state index in [1.165, 1.54) is 5.56 Å². The van der Waals surface area contributed by atoms with Crippen LogP contribution in [0.2, 0.25) is 0 Å². The van der Waals surface area contributed by atoms with Gasteiger partial charge in [-0.3, -0.25) is 0 Å². The van der Waals surface area contributed by atoms with Gasteiger partial charge in [0.05, 0.1) is 28.4 Å². The molecule has 0 atom stereocenters. The van der Waals surface area contributed by atoms with Gasteiger partial charge >= 0.3 is 0 Å². The lowest BCUT2D eigenvalue weighted by molar-refractivity contribution is 0.355. The van der Waals surface area contributed by atoms with E-state index in [0.717, 1.165) is 39.8 Å². The Kier molecular flexibility index (Phi) is 5.83. The third-order valence-electron chi connectivity index (χ3n) is 5.05. The van der Waals surface area contributed by atoms with Crippen molar-refractivity contribution < 1.29 is 18.9 Å². The number of ether oxygens (including phenoxy) is 4. The zero-order chi connectivity index (χ0) is 20.3. The molecule has 3 rings (SSSR count). The zero-order valence-electron chi connectivity index (χ0n) is 17.3. The highest BCUT2D eigenvalue weighted by Gasteiger charge is 2.17. The first-order valence-corrected chi connectivity index (χ1v) is 9.23. The minimum absolute atomic E-state index is 0.701. The maximum absolute atomic E-state index is 5.54. The number of rotatable bonds is 7. The van der Waals surface area contributed by atoms with Gasteiger partial charge in [-0.2, -0.15) is 0 Å². The number of benzene rings is 3. The van der Waals surface area contributed by atoms with Gasteiger partial charge in [0.1, 0.15) is 0 Å². The van der Waals surface area contributed by atoms with E-state index >= 15 is 0 Å². The number of nitrogens with one attached hydrogen (secondary N) is 1. The van der Waals surface area contributed by atoms with Gasteiger partial charge in [0.25, 0.3) is 0 Å². The fourth-order valence-corrected chi connectivity index (χ4v) is 3.61. The quantitative estimate of drug-likeness (QED) is 0.614. The Hall–Kier alpha value is -3.08. The second-order valence-electron chi connectivity index (χ2n) is 6.38. The molecular weight excluding hydrogens is 354 g/mol. The molecule has 0 aromatic heterocycles. The van der Waals surface area contributed by atoms with Crippen molar-refractivity contribution in [3.63, 3.8) is 0 Å². The summed E-state index contributed by atoms with van der Waals surface area (Å²) in [5.74, 6) is 2.86. The summed E-state index contributed by atoms with van der Waals surface area (Å²) in [6.45, 7) is 2.14. The van der Waals surface area contributed by atoms with Crippen LogP contribution >= 0.6 is 0 Å². The molecule has 148 valence electrons. The summed E-state index contributed by atoms with van der Waals surface area (Å²) in [4.78, 5) is 0. The van der Waals surface area contributed by atoms with Gasteiger partial charge in [-0.05, 0) is 47.2 Å². The maximum atomic E-state index is 5.54. The fourth-order valence-electron chi connectivity index (χ4n) is 3.61. The van der Waals surface area contributed by atoms with E-state index in [1.807, 2.05) is 31.3 Å². The molecule has 0 fully saturated rings. The maximum Gasteiger partial charge on any atom is 0.161 e. The highest BCUT2D eigenvalue weighted by Crippen LogP contribution is 2.43. The van der Waals surface area contributed by atoms with Crippen molar-refractivity contribution in [3.8, 4) is 34.1 Å². The fraction of sp³-hybridized carbons (Fsp3) is 0.304. The molecule has 0 amide bonds. The van der Waals surface area contributed by atoms with Crippen molar-refractivity contribution in [2.45, 2.75) is 13.3 Å². The molecule has 0 saturated heterocycles. The van der Waals surface area contributed by atoms with Crippen molar-refractivity contribution in [1.29, 1.82) is 0 Å². The van der Waals surface area contributed by atoms with Gasteiger partial charge in [0, 0.05) is 23.7 Å². The summed E-state index contributed by atoms with van der Waals surface area (Å²) in [6, 6.07) is 12.3. The van der Waals surface area contributed by atoms with E-state index in [9.17, 15) is 0 Å². The highest BCUT2D eigenvalue weighted by molar-refractivity contribution is 6.03. The molecule has 3 aromatic rings. The molecule has 0 aliphatic carbocycles. The predicted octanol–water partition coefficient (Wildman–Crippen LogP) is 5.15. The zero-order valence-corrected chi connectivity index (χ0v) is 17.3. The van der Waals surface area contributed by atoms with Crippen LogP contribution in [-0.4, -0.2) is 35.5 Å². The average Bonchev–Trinajstić information content (AvgIpc) is 2.75. The Balaban J connectivity index is 2.32. The van der Waals surface area contributed by atoms with Crippen LogP contribution in [0.3, 0.4) is 0 Å². The predicted molar refractivity (Wildman–Crippen MR) is 115 cm³/mol. The normalized spacial score (nSPS) is 10.6. The van der Waals surface area contributed by atoms with E-state index in [-0.39, 0.29) is 0 Å². The SMILES string of the molecule is CCc1cc(OC)c(OC)cc1-c1ccc2cc(OC)c(OC)cc2c1NC. The molecule has 0 aliphatic heterocycles. The largest absolute Gasteiger partial charge is 0.493 e. The Labute approximate surface area is 166 Å². The molecule has 0 bridgehead atoms. The molecule has 0 aliphatic rings. The number of methoxy groups -OCH3 is 4. The van der Waals surface area contributed by atoms with E-state index in [4.69, 9.17) is 18.9 Å². The Bertz CT molecular complexity index is 998. The molecule has 1 N–H and O–H groups in total. The van der Waals surface area contributed by atoms with Crippen molar-refractivity contribution in [2.75, 3.05) is 40.8 Å². The summed E-state index contributed by atoms with van der Waals surface area (Å²) >= 11 is 0. The van der Waals surface area contributed by atoms with Crippen molar-refractivity contribution in [1.82, 2.24) is 0 Å². The number of fused-ring (bicyclic) bond motifs is 1.